The zero-order valence-corrected chi connectivity index (χ0v) is 63.3. The molecule has 0 saturated carbocycles. The highest BCUT2D eigenvalue weighted by atomic mass is 14.1. The normalized spacial score (nSPS) is 10.0. The summed E-state index contributed by atoms with van der Waals surface area (Å²) in [7, 11) is 0. The standard InChI is InChI=1S/C16H18.C15H16.C14H14.3C13H12.C10H14.C7H8/c1-11-5-7-15(8-6-11)16-13(3)9-12(2)10-14(16)4;1-11-4-6-14(7-5-11)15-9-12(2)8-13(3)10-15;1-11-3-7-13(8-4-11)14-9-5-12(2)6-10-14;1-11-7-5-6-10-13(11)12-8-3-2-4-9-12;1-11-6-5-9-13(10-11)12-7-3-2-4-8-12;1-11-7-9-13(10-8-11)12-5-3-2-4-6-12;1-7-5-8(2)10(4)9(3)6-7;1-7-5-3-2-4-6-7/h5-10H,1-4H3;4-10H,1-3H3;3-10H,1-2H3;3*2-10H,1H3;5-6H,1-4H3;2-6H,1H3. The van der Waals surface area contributed by atoms with E-state index in [9.17, 15) is 0 Å². The Morgan fingerprint density at radius 2 is 0.386 bits per heavy atom. The molecule has 14 aromatic carbocycles. The van der Waals surface area contributed by atoms with Crippen molar-refractivity contribution in [2.45, 2.75) is 118 Å². The van der Waals surface area contributed by atoms with Crippen molar-refractivity contribution in [2.24, 2.45) is 0 Å². The van der Waals surface area contributed by atoms with Gasteiger partial charge in [0.2, 0.25) is 0 Å². The van der Waals surface area contributed by atoms with Crippen molar-refractivity contribution in [3.63, 3.8) is 0 Å². The first kappa shape index (κ1) is 77.4. The molecule has 0 atom stereocenters. The summed E-state index contributed by atoms with van der Waals surface area (Å²) in [5.74, 6) is 0. The van der Waals surface area contributed by atoms with E-state index in [1.807, 2.05) is 36.4 Å². The van der Waals surface area contributed by atoms with Gasteiger partial charge >= 0.3 is 0 Å². The van der Waals surface area contributed by atoms with Crippen LogP contribution in [0.15, 0.2) is 334 Å². The summed E-state index contributed by atoms with van der Waals surface area (Å²) in [5, 5.41) is 0. The minimum atomic E-state index is 1.28. The Morgan fingerprint density at radius 1 is 0.129 bits per heavy atom. The molecule has 0 heterocycles. The van der Waals surface area contributed by atoms with Crippen LogP contribution in [0, 0.1) is 118 Å². The number of benzene rings is 14. The summed E-state index contributed by atoms with van der Waals surface area (Å²) in [6.07, 6.45) is 0. The number of hydrogen-bond acceptors (Lipinski definition) is 0. The van der Waals surface area contributed by atoms with Crippen LogP contribution in [0.2, 0.25) is 0 Å². The van der Waals surface area contributed by atoms with E-state index in [1.54, 1.807) is 0 Å². The van der Waals surface area contributed by atoms with Gasteiger partial charge in [-0.05, 0) is 218 Å². The average molecular weight is 1320 g/mol. The molecular formula is C101H106. The molecule has 0 nitrogen and oxygen atoms in total. The van der Waals surface area contributed by atoms with Gasteiger partial charge < -0.3 is 0 Å². The van der Waals surface area contributed by atoms with Crippen LogP contribution in [0.4, 0.5) is 0 Å². The first-order chi connectivity index (χ1) is 48.6. The molecule has 14 rings (SSSR count). The Morgan fingerprint density at radius 3 is 0.743 bits per heavy atom. The largest absolute Gasteiger partial charge is 0.0622 e. The fourth-order valence-electron chi connectivity index (χ4n) is 11.9. The maximum Gasteiger partial charge on any atom is -0.0125 e. The van der Waals surface area contributed by atoms with Crippen molar-refractivity contribution < 1.29 is 0 Å². The van der Waals surface area contributed by atoms with E-state index in [4.69, 9.17) is 0 Å². The summed E-state index contributed by atoms with van der Waals surface area (Å²) in [6, 6.07) is 118. The first-order valence-electron chi connectivity index (χ1n) is 35.4. The van der Waals surface area contributed by atoms with E-state index in [0.717, 1.165) is 0 Å². The van der Waals surface area contributed by atoms with Gasteiger partial charge in [0.25, 0.3) is 0 Å². The predicted molar refractivity (Wildman–Crippen MR) is 445 cm³/mol. The average Bonchev–Trinajstić information content (AvgIpc) is 0.826. The Balaban J connectivity index is 0.000000163. The molecular weight excluding hydrogens is 1210 g/mol. The summed E-state index contributed by atoms with van der Waals surface area (Å²) in [5.41, 5.74) is 38.4. The summed E-state index contributed by atoms with van der Waals surface area (Å²) in [6.45, 7) is 36.4. The molecule has 0 fully saturated rings. The monoisotopic (exact) mass is 1320 g/mol. The second-order valence-electron chi connectivity index (χ2n) is 26.9. The van der Waals surface area contributed by atoms with Crippen molar-refractivity contribution in [1.82, 2.24) is 0 Å². The Kier molecular flexibility index (Phi) is 30.8. The molecule has 0 aromatic heterocycles. The molecule has 0 saturated heterocycles. The summed E-state index contributed by atoms with van der Waals surface area (Å²) < 4.78 is 0. The SMILES string of the molecule is Cc1cc(C)c(C)c(C)c1.Cc1ccc(-c2c(C)cc(C)cc2C)cc1.Cc1ccc(-c2cc(C)cc(C)c2)cc1.Cc1ccc(-c2ccc(C)cc2)cc1.Cc1ccc(-c2ccccc2)cc1.Cc1cccc(-c2ccccc2)c1.Cc1ccccc1.Cc1ccccc1-c1ccccc1. The van der Waals surface area contributed by atoms with Gasteiger partial charge in [0.1, 0.15) is 0 Å². The van der Waals surface area contributed by atoms with Crippen molar-refractivity contribution in [1.29, 1.82) is 0 Å². The van der Waals surface area contributed by atoms with Crippen molar-refractivity contribution in [3.8, 4) is 66.8 Å². The van der Waals surface area contributed by atoms with Crippen LogP contribution < -0.4 is 0 Å². The van der Waals surface area contributed by atoms with Crippen LogP contribution in [-0.4, -0.2) is 0 Å². The van der Waals surface area contributed by atoms with E-state index in [0.29, 0.717) is 0 Å². The van der Waals surface area contributed by atoms with Crippen molar-refractivity contribution in [3.05, 3.63) is 428 Å². The summed E-state index contributed by atoms with van der Waals surface area (Å²) in [4.78, 5) is 0. The van der Waals surface area contributed by atoms with Crippen LogP contribution in [-0.2, 0) is 0 Å². The third kappa shape index (κ3) is 26.4. The Bertz CT molecular complexity index is 4600. The van der Waals surface area contributed by atoms with Crippen LogP contribution in [0.5, 0.6) is 0 Å². The van der Waals surface area contributed by atoms with E-state index >= 15 is 0 Å². The highest BCUT2D eigenvalue weighted by molar-refractivity contribution is 5.72. The molecule has 0 heteroatoms. The third-order valence-electron chi connectivity index (χ3n) is 17.6. The summed E-state index contributed by atoms with van der Waals surface area (Å²) >= 11 is 0. The lowest BCUT2D eigenvalue weighted by Crippen LogP contribution is -1.90. The maximum absolute atomic E-state index is 2.25. The lowest BCUT2D eigenvalue weighted by Gasteiger charge is -2.11. The molecule has 0 bridgehead atoms. The quantitative estimate of drug-likeness (QED) is 0.156. The smallest absolute Gasteiger partial charge is 0.0125 e. The molecule has 0 spiro atoms. The fraction of sp³-hybridized carbons (Fsp3) is 0.168. The van der Waals surface area contributed by atoms with Crippen LogP contribution in [0.1, 0.15) is 94.6 Å². The van der Waals surface area contributed by atoms with Gasteiger partial charge in [0, 0.05) is 0 Å². The molecule has 0 unspecified atom stereocenters. The first-order valence-corrected chi connectivity index (χ1v) is 35.4. The van der Waals surface area contributed by atoms with Gasteiger partial charge in [0.15, 0.2) is 0 Å². The Labute approximate surface area is 608 Å². The van der Waals surface area contributed by atoms with E-state index in [1.165, 1.54) is 161 Å². The molecule has 510 valence electrons. The lowest BCUT2D eigenvalue weighted by molar-refractivity contribution is 1.23. The topological polar surface area (TPSA) is 0 Å². The van der Waals surface area contributed by atoms with Gasteiger partial charge in [-0.15, -0.1) is 0 Å². The number of hydrogen-bond donors (Lipinski definition) is 0. The highest BCUT2D eigenvalue weighted by Gasteiger charge is 2.07. The second-order valence-corrected chi connectivity index (χ2v) is 26.9. The molecule has 0 aliphatic carbocycles. The molecule has 101 heavy (non-hydrogen) atoms. The van der Waals surface area contributed by atoms with Gasteiger partial charge in [-0.3, -0.25) is 0 Å². The molecule has 14 aromatic rings. The number of rotatable bonds is 6. The molecule has 0 N–H and O–H groups in total. The van der Waals surface area contributed by atoms with Crippen molar-refractivity contribution >= 4 is 0 Å². The van der Waals surface area contributed by atoms with Crippen LogP contribution in [0.3, 0.4) is 0 Å². The second kappa shape index (κ2) is 40.2. The zero-order chi connectivity index (χ0) is 72.6. The van der Waals surface area contributed by atoms with E-state index in [2.05, 4.69) is 415 Å². The highest BCUT2D eigenvalue weighted by Crippen LogP contribution is 2.30. The molecule has 0 amide bonds. The maximum atomic E-state index is 2.25. The third-order valence-corrected chi connectivity index (χ3v) is 17.6. The molecule has 0 radical (unpaired) electrons. The van der Waals surface area contributed by atoms with Crippen LogP contribution >= 0.6 is 0 Å². The van der Waals surface area contributed by atoms with E-state index in [-0.39, 0.29) is 0 Å². The fourth-order valence-corrected chi connectivity index (χ4v) is 11.9. The number of aryl methyl sites for hydroxylation is 16. The van der Waals surface area contributed by atoms with Gasteiger partial charge in [0.05, 0.1) is 0 Å². The van der Waals surface area contributed by atoms with Crippen LogP contribution in [0.25, 0.3) is 66.8 Å². The van der Waals surface area contributed by atoms with Gasteiger partial charge in [-0.1, -0.05) is 395 Å². The van der Waals surface area contributed by atoms with Crippen molar-refractivity contribution in [2.75, 3.05) is 0 Å². The minimum absolute atomic E-state index is 1.28. The molecule has 0 aliphatic heterocycles. The van der Waals surface area contributed by atoms with Gasteiger partial charge in [-0.25, -0.2) is 0 Å². The van der Waals surface area contributed by atoms with E-state index < -0.39 is 0 Å². The molecule has 0 aliphatic rings. The zero-order valence-electron chi connectivity index (χ0n) is 63.3. The van der Waals surface area contributed by atoms with Gasteiger partial charge in [-0.2, -0.15) is 0 Å². The Hall–Kier alpha value is -10.9. The lowest BCUT2D eigenvalue weighted by atomic mass is 9.93. The minimum Gasteiger partial charge on any atom is -0.0622 e. The predicted octanol–water partition coefficient (Wildman–Crippen LogP) is 28.7.